The van der Waals surface area contributed by atoms with Crippen molar-refractivity contribution in [2.75, 3.05) is 5.73 Å². The van der Waals surface area contributed by atoms with Crippen LogP contribution in [0.15, 0.2) is 23.1 Å². The Labute approximate surface area is 93.9 Å². The molecule has 1 aliphatic carbocycles. The second-order valence-corrected chi connectivity index (χ2v) is 5.44. The lowest BCUT2D eigenvalue weighted by Gasteiger charge is -2.08. The highest BCUT2D eigenvalue weighted by molar-refractivity contribution is 7.89. The van der Waals surface area contributed by atoms with Crippen molar-refractivity contribution in [2.24, 2.45) is 0 Å². The molecule has 0 aromatic heterocycles. The van der Waals surface area contributed by atoms with Crippen LogP contribution in [-0.4, -0.2) is 14.5 Å². The van der Waals surface area contributed by atoms with E-state index in [0.29, 0.717) is 5.56 Å². The van der Waals surface area contributed by atoms with Gasteiger partial charge in [0.1, 0.15) is 4.90 Å². The second-order valence-electron chi connectivity index (χ2n) is 3.76. The van der Waals surface area contributed by atoms with Crippen molar-refractivity contribution >= 4 is 15.7 Å². The van der Waals surface area contributed by atoms with Crippen molar-refractivity contribution in [1.29, 1.82) is 5.26 Å². The molecule has 6 heteroatoms. The van der Waals surface area contributed by atoms with Crippen LogP contribution in [0.2, 0.25) is 0 Å². The summed E-state index contributed by atoms with van der Waals surface area (Å²) in [5.74, 6) is 0. The standard InChI is InChI=1S/C10H11N3O2S/c11-6-7-1-4-10(9(12)5-7)16(14,15)13-8-2-3-8/h1,4-5,8,13H,2-3,12H2. The average molecular weight is 237 g/mol. The molecule has 0 unspecified atom stereocenters. The monoisotopic (exact) mass is 237 g/mol. The molecular weight excluding hydrogens is 226 g/mol. The van der Waals surface area contributed by atoms with Crippen LogP contribution in [0.25, 0.3) is 0 Å². The van der Waals surface area contributed by atoms with Gasteiger partial charge in [0.05, 0.1) is 17.3 Å². The van der Waals surface area contributed by atoms with Gasteiger partial charge in [0.2, 0.25) is 10.0 Å². The van der Waals surface area contributed by atoms with E-state index in [4.69, 9.17) is 11.0 Å². The molecule has 2 rings (SSSR count). The van der Waals surface area contributed by atoms with Crippen molar-refractivity contribution in [1.82, 2.24) is 4.72 Å². The second kappa shape index (κ2) is 3.77. The van der Waals surface area contributed by atoms with E-state index in [9.17, 15) is 8.42 Å². The molecule has 0 saturated heterocycles. The number of hydrogen-bond acceptors (Lipinski definition) is 4. The topological polar surface area (TPSA) is 96.0 Å². The SMILES string of the molecule is N#Cc1ccc(S(=O)(=O)NC2CC2)c(N)c1. The lowest BCUT2D eigenvalue weighted by Crippen LogP contribution is -2.26. The van der Waals surface area contributed by atoms with Crippen LogP contribution in [0.4, 0.5) is 5.69 Å². The van der Waals surface area contributed by atoms with Crippen LogP contribution in [0.5, 0.6) is 0 Å². The Bertz CT molecular complexity index is 556. The quantitative estimate of drug-likeness (QED) is 0.751. The number of nitrogens with zero attached hydrogens (tertiary/aromatic N) is 1. The number of anilines is 1. The van der Waals surface area contributed by atoms with E-state index in [1.165, 1.54) is 18.2 Å². The summed E-state index contributed by atoms with van der Waals surface area (Å²) in [6, 6.07) is 6.11. The number of nitrogens with one attached hydrogen (secondary N) is 1. The first kappa shape index (κ1) is 10.9. The Morgan fingerprint density at radius 1 is 1.44 bits per heavy atom. The number of nitrogens with two attached hydrogens (primary N) is 1. The highest BCUT2D eigenvalue weighted by Crippen LogP contribution is 2.25. The fourth-order valence-corrected chi connectivity index (χ4v) is 2.76. The van der Waals surface area contributed by atoms with Gasteiger partial charge >= 0.3 is 0 Å². The summed E-state index contributed by atoms with van der Waals surface area (Å²) in [6.07, 6.45) is 1.74. The molecule has 5 nitrogen and oxygen atoms in total. The maximum Gasteiger partial charge on any atom is 0.242 e. The molecule has 0 bridgehead atoms. The van der Waals surface area contributed by atoms with Gasteiger partial charge in [0, 0.05) is 6.04 Å². The molecule has 1 aromatic carbocycles. The van der Waals surface area contributed by atoms with E-state index in [1.54, 1.807) is 0 Å². The van der Waals surface area contributed by atoms with E-state index in [2.05, 4.69) is 4.72 Å². The van der Waals surface area contributed by atoms with Gasteiger partial charge in [-0.25, -0.2) is 13.1 Å². The highest BCUT2D eigenvalue weighted by Gasteiger charge is 2.28. The smallest absolute Gasteiger partial charge is 0.242 e. The minimum absolute atomic E-state index is 0.0402. The zero-order chi connectivity index (χ0) is 11.8. The third-order valence-electron chi connectivity index (χ3n) is 2.33. The Morgan fingerprint density at radius 3 is 2.62 bits per heavy atom. The summed E-state index contributed by atoms with van der Waals surface area (Å²) in [7, 11) is -3.54. The van der Waals surface area contributed by atoms with Gasteiger partial charge in [-0.05, 0) is 31.0 Å². The fraction of sp³-hybridized carbons (Fsp3) is 0.300. The zero-order valence-electron chi connectivity index (χ0n) is 8.47. The Balaban J connectivity index is 2.36. The summed E-state index contributed by atoms with van der Waals surface area (Å²) >= 11 is 0. The van der Waals surface area contributed by atoms with Gasteiger partial charge in [-0.1, -0.05) is 0 Å². The normalized spacial score (nSPS) is 15.7. The number of benzene rings is 1. The fourth-order valence-electron chi connectivity index (χ4n) is 1.35. The Hall–Kier alpha value is -1.58. The lowest BCUT2D eigenvalue weighted by atomic mass is 10.2. The third kappa shape index (κ3) is 2.15. The first-order chi connectivity index (χ1) is 7.53. The molecule has 3 N–H and O–H groups in total. The van der Waals surface area contributed by atoms with Gasteiger partial charge in [0.25, 0.3) is 0 Å². The third-order valence-corrected chi connectivity index (χ3v) is 3.92. The van der Waals surface area contributed by atoms with Crippen LogP contribution in [0.3, 0.4) is 0 Å². The van der Waals surface area contributed by atoms with Gasteiger partial charge in [-0.3, -0.25) is 0 Å². The number of nitrogen functional groups attached to an aromatic ring is 1. The molecule has 0 heterocycles. The molecule has 0 spiro atoms. The van der Waals surface area contributed by atoms with E-state index < -0.39 is 10.0 Å². The predicted octanol–water partition coefficient (Wildman–Crippen LogP) is 0.581. The van der Waals surface area contributed by atoms with Crippen molar-refractivity contribution in [3.8, 4) is 6.07 Å². The van der Waals surface area contributed by atoms with E-state index in [-0.39, 0.29) is 16.6 Å². The molecule has 1 aliphatic rings. The first-order valence-electron chi connectivity index (χ1n) is 4.85. The molecule has 0 atom stereocenters. The van der Waals surface area contributed by atoms with Crippen LogP contribution in [-0.2, 0) is 10.0 Å². The molecule has 1 fully saturated rings. The van der Waals surface area contributed by atoms with Gasteiger partial charge in [-0.2, -0.15) is 5.26 Å². The predicted molar refractivity (Wildman–Crippen MR) is 58.9 cm³/mol. The number of rotatable bonds is 3. The van der Waals surface area contributed by atoms with Crippen molar-refractivity contribution < 1.29 is 8.42 Å². The largest absolute Gasteiger partial charge is 0.398 e. The van der Waals surface area contributed by atoms with E-state index in [1.807, 2.05) is 6.07 Å². The summed E-state index contributed by atoms with van der Waals surface area (Å²) in [5, 5.41) is 8.64. The van der Waals surface area contributed by atoms with Gasteiger partial charge < -0.3 is 5.73 Å². The van der Waals surface area contributed by atoms with Crippen LogP contribution in [0.1, 0.15) is 18.4 Å². The van der Waals surface area contributed by atoms with Gasteiger partial charge in [0.15, 0.2) is 0 Å². The van der Waals surface area contributed by atoms with Crippen molar-refractivity contribution in [3.63, 3.8) is 0 Å². The molecule has 1 saturated carbocycles. The molecule has 0 radical (unpaired) electrons. The highest BCUT2D eigenvalue weighted by atomic mass is 32.2. The van der Waals surface area contributed by atoms with E-state index >= 15 is 0 Å². The number of hydrogen-bond donors (Lipinski definition) is 2. The van der Waals surface area contributed by atoms with Gasteiger partial charge in [-0.15, -0.1) is 0 Å². The molecule has 84 valence electrons. The minimum Gasteiger partial charge on any atom is -0.398 e. The molecule has 1 aromatic rings. The number of nitriles is 1. The maximum absolute atomic E-state index is 11.8. The molecule has 16 heavy (non-hydrogen) atoms. The van der Waals surface area contributed by atoms with Crippen LogP contribution >= 0.6 is 0 Å². The lowest BCUT2D eigenvalue weighted by molar-refractivity contribution is 0.581. The first-order valence-corrected chi connectivity index (χ1v) is 6.33. The van der Waals surface area contributed by atoms with E-state index in [0.717, 1.165) is 12.8 Å². The number of sulfonamides is 1. The van der Waals surface area contributed by atoms with Crippen LogP contribution < -0.4 is 10.5 Å². The van der Waals surface area contributed by atoms with Crippen molar-refractivity contribution in [2.45, 2.75) is 23.8 Å². The van der Waals surface area contributed by atoms with Crippen molar-refractivity contribution in [3.05, 3.63) is 23.8 Å². The maximum atomic E-state index is 11.8. The minimum atomic E-state index is -3.54. The average Bonchev–Trinajstić information content (AvgIpc) is 3.00. The summed E-state index contributed by atoms with van der Waals surface area (Å²) in [6.45, 7) is 0. The summed E-state index contributed by atoms with van der Waals surface area (Å²) in [5.41, 5.74) is 6.06. The summed E-state index contributed by atoms with van der Waals surface area (Å²) < 4.78 is 26.2. The Morgan fingerprint density at radius 2 is 2.12 bits per heavy atom. The van der Waals surface area contributed by atoms with Crippen LogP contribution in [0, 0.1) is 11.3 Å². The molecule has 0 amide bonds. The zero-order valence-corrected chi connectivity index (χ0v) is 9.29. The molecular formula is C10H11N3O2S. The Kier molecular flexibility index (Phi) is 2.58. The summed E-state index contributed by atoms with van der Waals surface area (Å²) in [4.78, 5) is 0.0402. The molecule has 0 aliphatic heterocycles.